The van der Waals surface area contributed by atoms with Crippen molar-refractivity contribution in [3.8, 4) is 0 Å². The molecule has 0 aromatic heterocycles. The highest BCUT2D eigenvalue weighted by molar-refractivity contribution is 6.10. The van der Waals surface area contributed by atoms with E-state index in [1.54, 1.807) is 25.1 Å². The van der Waals surface area contributed by atoms with E-state index in [4.69, 9.17) is 0 Å². The molecule has 0 atom stereocenters. The van der Waals surface area contributed by atoms with Crippen LogP contribution in [-0.4, -0.2) is 5.78 Å². The third-order valence-corrected chi connectivity index (χ3v) is 3.19. The van der Waals surface area contributed by atoms with E-state index in [0.717, 1.165) is 17.7 Å². The molecule has 0 fully saturated rings. The first kappa shape index (κ1) is 14.3. The van der Waals surface area contributed by atoms with Gasteiger partial charge in [-0.15, -0.1) is 0 Å². The minimum absolute atomic E-state index is 0.255. The first-order chi connectivity index (χ1) is 9.30. The Morgan fingerprint density at radius 3 is 2.05 bits per heavy atom. The summed E-state index contributed by atoms with van der Waals surface area (Å²) >= 11 is 0. The lowest BCUT2D eigenvalue weighted by atomic mass is 9.95. The van der Waals surface area contributed by atoms with Gasteiger partial charge in [-0.25, -0.2) is 0 Å². The Labute approximate surface area is 115 Å². The molecule has 0 saturated heterocycles. The van der Waals surface area contributed by atoms with Gasteiger partial charge < -0.3 is 0 Å². The number of aryl methyl sites for hydroxylation is 2. The highest BCUT2D eigenvalue weighted by Gasteiger charge is 2.31. The van der Waals surface area contributed by atoms with E-state index in [2.05, 4.69) is 0 Å². The smallest absolute Gasteiger partial charge is 0.289 e. The van der Waals surface area contributed by atoms with Gasteiger partial charge in [0.25, 0.3) is 0 Å². The average Bonchev–Trinajstić information content (AvgIpc) is 2.37. The van der Waals surface area contributed by atoms with Crippen LogP contribution in [0, 0.1) is 13.8 Å². The van der Waals surface area contributed by atoms with Gasteiger partial charge in [-0.1, -0.05) is 30.3 Å². The van der Waals surface area contributed by atoms with E-state index >= 15 is 0 Å². The van der Waals surface area contributed by atoms with Crippen LogP contribution in [0.2, 0.25) is 0 Å². The molecule has 0 N–H and O–H groups in total. The Hall–Kier alpha value is -2.10. The van der Waals surface area contributed by atoms with Crippen LogP contribution in [0.15, 0.2) is 42.5 Å². The Balaban J connectivity index is 2.45. The molecule has 0 heterocycles. The molecular formula is C16H13F3O. The van der Waals surface area contributed by atoms with Crippen LogP contribution in [0.25, 0.3) is 0 Å². The second kappa shape index (κ2) is 5.12. The van der Waals surface area contributed by atoms with E-state index in [1.165, 1.54) is 13.0 Å². The van der Waals surface area contributed by atoms with Crippen LogP contribution < -0.4 is 0 Å². The standard InChI is InChI=1S/C16H13F3O/c1-10-5-3-4-6-13(10)15(20)14-8-7-12(9-11(14)2)16(17,18)19/h3-9H,1-2H3. The van der Waals surface area contributed by atoms with Crippen molar-refractivity contribution in [2.75, 3.05) is 0 Å². The van der Waals surface area contributed by atoms with Crippen molar-refractivity contribution in [3.05, 3.63) is 70.3 Å². The van der Waals surface area contributed by atoms with Gasteiger partial charge in [0, 0.05) is 11.1 Å². The van der Waals surface area contributed by atoms with Gasteiger partial charge in [-0.3, -0.25) is 4.79 Å². The molecule has 104 valence electrons. The highest BCUT2D eigenvalue weighted by atomic mass is 19.4. The van der Waals surface area contributed by atoms with E-state index in [9.17, 15) is 18.0 Å². The Morgan fingerprint density at radius 2 is 1.50 bits per heavy atom. The minimum Gasteiger partial charge on any atom is -0.289 e. The highest BCUT2D eigenvalue weighted by Crippen LogP contribution is 2.31. The second-order valence-electron chi connectivity index (χ2n) is 4.67. The van der Waals surface area contributed by atoms with E-state index in [0.29, 0.717) is 16.7 Å². The Bertz CT molecular complexity index is 657. The predicted octanol–water partition coefficient (Wildman–Crippen LogP) is 4.55. The summed E-state index contributed by atoms with van der Waals surface area (Å²) in [5, 5.41) is 0. The fraction of sp³-hybridized carbons (Fsp3) is 0.188. The topological polar surface area (TPSA) is 17.1 Å². The zero-order valence-corrected chi connectivity index (χ0v) is 11.1. The molecule has 0 unspecified atom stereocenters. The summed E-state index contributed by atoms with van der Waals surface area (Å²) in [6, 6.07) is 10.2. The average molecular weight is 278 g/mol. The zero-order chi connectivity index (χ0) is 14.9. The number of benzene rings is 2. The fourth-order valence-corrected chi connectivity index (χ4v) is 2.07. The molecule has 2 rings (SSSR count). The molecule has 2 aromatic carbocycles. The third-order valence-electron chi connectivity index (χ3n) is 3.19. The molecule has 0 aliphatic carbocycles. The number of carbonyl (C=O) groups is 1. The summed E-state index contributed by atoms with van der Waals surface area (Å²) in [7, 11) is 0. The molecule has 0 spiro atoms. The van der Waals surface area contributed by atoms with Gasteiger partial charge in [0.2, 0.25) is 0 Å². The predicted molar refractivity (Wildman–Crippen MR) is 70.8 cm³/mol. The third kappa shape index (κ3) is 2.74. The number of halogens is 3. The van der Waals surface area contributed by atoms with Crippen LogP contribution in [0.4, 0.5) is 13.2 Å². The van der Waals surface area contributed by atoms with Gasteiger partial charge in [0.1, 0.15) is 0 Å². The lowest BCUT2D eigenvalue weighted by molar-refractivity contribution is -0.137. The number of alkyl halides is 3. The summed E-state index contributed by atoms with van der Waals surface area (Å²) in [5.41, 5.74) is 1.20. The summed E-state index contributed by atoms with van der Waals surface area (Å²) in [5.74, 6) is -0.255. The number of rotatable bonds is 2. The Morgan fingerprint density at radius 1 is 0.900 bits per heavy atom. The van der Waals surface area contributed by atoms with Crippen LogP contribution in [0.1, 0.15) is 32.6 Å². The summed E-state index contributed by atoms with van der Waals surface area (Å²) in [6.07, 6.45) is -4.39. The van der Waals surface area contributed by atoms with Crippen LogP contribution in [0.3, 0.4) is 0 Å². The van der Waals surface area contributed by atoms with E-state index < -0.39 is 11.7 Å². The molecule has 2 aromatic rings. The summed E-state index contributed by atoms with van der Waals surface area (Å²) < 4.78 is 37.8. The molecule has 0 bridgehead atoms. The molecule has 20 heavy (non-hydrogen) atoms. The molecule has 0 aliphatic rings. The SMILES string of the molecule is Cc1ccccc1C(=O)c1ccc(C(F)(F)F)cc1C. The normalized spacial score (nSPS) is 11.4. The quantitative estimate of drug-likeness (QED) is 0.736. The Kier molecular flexibility index (Phi) is 3.66. The fourth-order valence-electron chi connectivity index (χ4n) is 2.07. The van der Waals surface area contributed by atoms with Crippen molar-refractivity contribution in [2.24, 2.45) is 0 Å². The molecule has 4 heteroatoms. The maximum Gasteiger partial charge on any atom is 0.416 e. The summed E-state index contributed by atoms with van der Waals surface area (Å²) in [6.45, 7) is 3.31. The largest absolute Gasteiger partial charge is 0.416 e. The van der Waals surface area contributed by atoms with Crippen molar-refractivity contribution in [3.63, 3.8) is 0 Å². The lowest BCUT2D eigenvalue weighted by Gasteiger charge is -2.11. The number of hydrogen-bond donors (Lipinski definition) is 0. The zero-order valence-electron chi connectivity index (χ0n) is 11.1. The van der Waals surface area contributed by atoms with Gasteiger partial charge in [0.05, 0.1) is 5.56 Å². The maximum absolute atomic E-state index is 12.6. The van der Waals surface area contributed by atoms with Crippen LogP contribution >= 0.6 is 0 Å². The maximum atomic E-state index is 12.6. The number of ketones is 1. The number of carbonyl (C=O) groups excluding carboxylic acids is 1. The molecule has 0 aliphatic heterocycles. The minimum atomic E-state index is -4.39. The van der Waals surface area contributed by atoms with Crippen molar-refractivity contribution in [2.45, 2.75) is 20.0 Å². The molecule has 0 saturated carbocycles. The molecular weight excluding hydrogens is 265 g/mol. The van der Waals surface area contributed by atoms with Crippen LogP contribution in [-0.2, 0) is 6.18 Å². The first-order valence-corrected chi connectivity index (χ1v) is 6.09. The van der Waals surface area contributed by atoms with Crippen LogP contribution in [0.5, 0.6) is 0 Å². The van der Waals surface area contributed by atoms with Gasteiger partial charge in [0.15, 0.2) is 5.78 Å². The second-order valence-corrected chi connectivity index (χ2v) is 4.67. The lowest BCUT2D eigenvalue weighted by Crippen LogP contribution is -2.09. The van der Waals surface area contributed by atoms with Gasteiger partial charge in [-0.2, -0.15) is 13.2 Å². The van der Waals surface area contributed by atoms with Crippen molar-refractivity contribution in [1.82, 2.24) is 0 Å². The monoisotopic (exact) mass is 278 g/mol. The summed E-state index contributed by atoms with van der Waals surface area (Å²) in [4.78, 5) is 12.4. The van der Waals surface area contributed by atoms with Crippen molar-refractivity contribution < 1.29 is 18.0 Å². The van der Waals surface area contributed by atoms with E-state index in [1.807, 2.05) is 6.07 Å². The number of hydrogen-bond acceptors (Lipinski definition) is 1. The van der Waals surface area contributed by atoms with Crippen molar-refractivity contribution in [1.29, 1.82) is 0 Å². The molecule has 1 nitrogen and oxygen atoms in total. The van der Waals surface area contributed by atoms with Crippen molar-refractivity contribution >= 4 is 5.78 Å². The first-order valence-electron chi connectivity index (χ1n) is 6.09. The van der Waals surface area contributed by atoms with E-state index in [-0.39, 0.29) is 5.78 Å². The van der Waals surface area contributed by atoms with Gasteiger partial charge >= 0.3 is 6.18 Å². The molecule has 0 radical (unpaired) electrons. The molecule has 0 amide bonds. The van der Waals surface area contributed by atoms with Gasteiger partial charge in [-0.05, 0) is 37.1 Å².